The zero-order valence-electron chi connectivity index (χ0n) is 11.2. The summed E-state index contributed by atoms with van der Waals surface area (Å²) >= 11 is 0. The Bertz CT molecular complexity index is 384. The number of benzene rings is 1. The van der Waals surface area contributed by atoms with Gasteiger partial charge >= 0.3 is 0 Å². The number of piperidine rings is 1. The Hall–Kier alpha value is -0.900. The van der Waals surface area contributed by atoms with Crippen molar-refractivity contribution in [1.29, 1.82) is 0 Å². The van der Waals surface area contributed by atoms with Crippen LogP contribution in [0.5, 0.6) is 0 Å². The van der Waals surface area contributed by atoms with Gasteiger partial charge in [-0.15, -0.1) is 0 Å². The molecule has 1 spiro atoms. The lowest BCUT2D eigenvalue weighted by atomic mass is 9.86. The highest BCUT2D eigenvalue weighted by molar-refractivity contribution is 5.20. The minimum atomic E-state index is 0.376. The third kappa shape index (κ3) is 2.07. The second-order valence-electron chi connectivity index (χ2n) is 5.62. The zero-order valence-corrected chi connectivity index (χ0v) is 11.2. The Morgan fingerprint density at radius 2 is 1.83 bits per heavy atom. The molecule has 2 saturated heterocycles. The van der Waals surface area contributed by atoms with Gasteiger partial charge in [-0.3, -0.25) is 4.90 Å². The van der Waals surface area contributed by atoms with Crippen molar-refractivity contribution in [2.45, 2.75) is 31.3 Å². The minimum absolute atomic E-state index is 0.376. The maximum atomic E-state index is 3.58. The van der Waals surface area contributed by atoms with Crippen LogP contribution in [0.4, 0.5) is 0 Å². The van der Waals surface area contributed by atoms with Gasteiger partial charge in [-0.2, -0.15) is 0 Å². The molecule has 2 heterocycles. The first kappa shape index (κ1) is 12.2. The van der Waals surface area contributed by atoms with E-state index >= 15 is 0 Å². The second-order valence-corrected chi connectivity index (χ2v) is 5.62. The molecule has 0 aliphatic carbocycles. The molecule has 2 aliphatic rings. The molecule has 2 fully saturated rings. The summed E-state index contributed by atoms with van der Waals surface area (Å²) in [5.74, 6) is 0. The maximum Gasteiger partial charge on any atom is 0.0492 e. The summed E-state index contributed by atoms with van der Waals surface area (Å²) in [6.07, 6.45) is 2.52. The van der Waals surface area contributed by atoms with Gasteiger partial charge in [-0.25, -0.2) is 0 Å². The van der Waals surface area contributed by atoms with Gasteiger partial charge in [-0.05, 0) is 38.4 Å². The molecule has 3 rings (SSSR count). The molecule has 3 heteroatoms. The first-order chi connectivity index (χ1) is 8.82. The summed E-state index contributed by atoms with van der Waals surface area (Å²) in [5.41, 5.74) is 1.81. The molecule has 0 radical (unpaired) electrons. The molecule has 1 atom stereocenters. The topological polar surface area (TPSA) is 27.3 Å². The van der Waals surface area contributed by atoms with E-state index in [1.165, 1.54) is 18.4 Å². The van der Waals surface area contributed by atoms with Crippen molar-refractivity contribution in [3.05, 3.63) is 35.9 Å². The third-order valence-corrected chi connectivity index (χ3v) is 4.63. The fourth-order valence-electron chi connectivity index (χ4n) is 3.49. The summed E-state index contributed by atoms with van der Waals surface area (Å²) in [6.45, 7) is 6.81. The lowest BCUT2D eigenvalue weighted by Gasteiger charge is -2.44. The van der Waals surface area contributed by atoms with Gasteiger partial charge in [-0.1, -0.05) is 30.3 Å². The van der Waals surface area contributed by atoms with Crippen LogP contribution in [0.1, 0.15) is 31.4 Å². The van der Waals surface area contributed by atoms with E-state index in [0.717, 1.165) is 26.3 Å². The van der Waals surface area contributed by atoms with Crippen LogP contribution in [0.15, 0.2) is 30.3 Å². The summed E-state index contributed by atoms with van der Waals surface area (Å²) in [5, 5.41) is 7.06. The molecular weight excluding hydrogens is 222 g/mol. The normalized spacial score (nSPS) is 25.4. The maximum absolute atomic E-state index is 3.58. The number of nitrogens with one attached hydrogen (secondary N) is 2. The Morgan fingerprint density at radius 1 is 1.11 bits per heavy atom. The molecule has 0 bridgehead atoms. The average Bonchev–Trinajstić information content (AvgIpc) is 2.83. The molecule has 18 heavy (non-hydrogen) atoms. The zero-order chi connectivity index (χ0) is 12.4. The van der Waals surface area contributed by atoms with Crippen LogP contribution in [0.2, 0.25) is 0 Å². The molecule has 2 aliphatic heterocycles. The monoisotopic (exact) mass is 245 g/mol. The van der Waals surface area contributed by atoms with Gasteiger partial charge in [0.2, 0.25) is 0 Å². The van der Waals surface area contributed by atoms with E-state index in [1.807, 2.05) is 0 Å². The van der Waals surface area contributed by atoms with E-state index in [1.54, 1.807) is 0 Å². The molecule has 98 valence electrons. The smallest absolute Gasteiger partial charge is 0.0492 e. The molecule has 0 saturated carbocycles. The molecule has 2 N–H and O–H groups in total. The summed E-state index contributed by atoms with van der Waals surface area (Å²) in [6, 6.07) is 11.4. The van der Waals surface area contributed by atoms with Gasteiger partial charge in [0.05, 0.1) is 0 Å². The van der Waals surface area contributed by atoms with Crippen LogP contribution in [0.3, 0.4) is 0 Å². The predicted molar refractivity (Wildman–Crippen MR) is 74.4 cm³/mol. The highest BCUT2D eigenvalue weighted by atomic mass is 15.4. The van der Waals surface area contributed by atoms with E-state index < -0.39 is 0 Å². The van der Waals surface area contributed by atoms with Gasteiger partial charge in [0.1, 0.15) is 0 Å². The predicted octanol–water partition coefficient (Wildman–Crippen LogP) is 1.73. The molecule has 0 unspecified atom stereocenters. The fourth-order valence-corrected chi connectivity index (χ4v) is 3.49. The van der Waals surface area contributed by atoms with Crippen molar-refractivity contribution in [2.75, 3.05) is 26.3 Å². The Kier molecular flexibility index (Phi) is 3.37. The lowest BCUT2D eigenvalue weighted by molar-refractivity contribution is 0.0718. The first-order valence-corrected chi connectivity index (χ1v) is 7.05. The standard InChI is InChI=1S/C15H23N3/c1-13(14-5-3-2-4-6-14)18-12-17-11-15(18)7-9-16-10-8-15/h2-6,13,16-17H,7-12H2,1H3/t13-/m1/s1. The molecule has 3 nitrogen and oxygen atoms in total. The van der Waals surface area contributed by atoms with Crippen molar-refractivity contribution in [3.63, 3.8) is 0 Å². The van der Waals surface area contributed by atoms with E-state index in [9.17, 15) is 0 Å². The molecule has 1 aromatic carbocycles. The quantitative estimate of drug-likeness (QED) is 0.831. The Balaban J connectivity index is 1.82. The molecule has 0 amide bonds. The average molecular weight is 245 g/mol. The SMILES string of the molecule is C[C@H](c1ccccc1)N1CNCC12CCNCC2. The van der Waals surface area contributed by atoms with Crippen LogP contribution in [0.25, 0.3) is 0 Å². The van der Waals surface area contributed by atoms with E-state index in [0.29, 0.717) is 11.6 Å². The highest BCUT2D eigenvalue weighted by Crippen LogP contribution is 2.35. The van der Waals surface area contributed by atoms with Gasteiger partial charge in [0, 0.05) is 24.8 Å². The highest BCUT2D eigenvalue weighted by Gasteiger charge is 2.43. The van der Waals surface area contributed by atoms with Gasteiger partial charge in [0.15, 0.2) is 0 Å². The fraction of sp³-hybridized carbons (Fsp3) is 0.600. The van der Waals surface area contributed by atoms with Gasteiger partial charge < -0.3 is 10.6 Å². The van der Waals surface area contributed by atoms with Gasteiger partial charge in [0.25, 0.3) is 0 Å². The van der Waals surface area contributed by atoms with Crippen molar-refractivity contribution < 1.29 is 0 Å². The van der Waals surface area contributed by atoms with Crippen LogP contribution in [-0.4, -0.2) is 36.7 Å². The molecular formula is C15H23N3. The molecule has 1 aromatic rings. The second kappa shape index (κ2) is 5.00. The van der Waals surface area contributed by atoms with Crippen LogP contribution >= 0.6 is 0 Å². The Labute approximate surface area is 110 Å². The van der Waals surface area contributed by atoms with Crippen molar-refractivity contribution in [2.24, 2.45) is 0 Å². The molecule has 0 aromatic heterocycles. The minimum Gasteiger partial charge on any atom is -0.317 e. The van der Waals surface area contributed by atoms with E-state index in [2.05, 4.69) is 52.8 Å². The van der Waals surface area contributed by atoms with Crippen LogP contribution in [-0.2, 0) is 0 Å². The number of nitrogens with zero attached hydrogens (tertiary/aromatic N) is 1. The van der Waals surface area contributed by atoms with Crippen molar-refractivity contribution in [1.82, 2.24) is 15.5 Å². The first-order valence-electron chi connectivity index (χ1n) is 7.05. The van der Waals surface area contributed by atoms with E-state index in [-0.39, 0.29) is 0 Å². The van der Waals surface area contributed by atoms with Crippen molar-refractivity contribution >= 4 is 0 Å². The lowest BCUT2D eigenvalue weighted by Crippen LogP contribution is -2.53. The number of hydrogen-bond donors (Lipinski definition) is 2. The van der Waals surface area contributed by atoms with E-state index in [4.69, 9.17) is 0 Å². The summed E-state index contributed by atoms with van der Waals surface area (Å²) < 4.78 is 0. The number of rotatable bonds is 2. The third-order valence-electron chi connectivity index (χ3n) is 4.63. The van der Waals surface area contributed by atoms with Crippen LogP contribution < -0.4 is 10.6 Å². The number of hydrogen-bond acceptors (Lipinski definition) is 3. The summed E-state index contributed by atoms with van der Waals surface area (Å²) in [4.78, 5) is 2.67. The van der Waals surface area contributed by atoms with Crippen LogP contribution in [0, 0.1) is 0 Å². The summed E-state index contributed by atoms with van der Waals surface area (Å²) in [7, 11) is 0. The largest absolute Gasteiger partial charge is 0.317 e. The Morgan fingerprint density at radius 3 is 2.56 bits per heavy atom. The van der Waals surface area contributed by atoms with Crippen molar-refractivity contribution in [3.8, 4) is 0 Å².